The number of benzene rings is 4. The molecule has 10 heteroatoms. The Balaban J connectivity index is 1.07. The Hall–Kier alpha value is -3.69. The fraction of sp³-hybridized carbons (Fsp3) is 0.188. The molecule has 0 radical (unpaired) electrons. The van der Waals surface area contributed by atoms with Crippen LogP contribution in [0.1, 0.15) is 28.8 Å². The summed E-state index contributed by atoms with van der Waals surface area (Å²) in [6, 6.07) is 26.7. The molecule has 7 nitrogen and oxygen atoms in total. The Morgan fingerprint density at radius 2 is 1.50 bits per heavy atom. The second-order valence-electron chi connectivity index (χ2n) is 9.71. The van der Waals surface area contributed by atoms with Gasteiger partial charge < -0.3 is 19.9 Å². The highest BCUT2D eigenvalue weighted by molar-refractivity contribution is 7.97. The zero-order valence-corrected chi connectivity index (χ0v) is 24.8. The minimum Gasteiger partial charge on any atom is -0.490 e. The first kappa shape index (κ1) is 29.8. The van der Waals surface area contributed by atoms with E-state index in [4.69, 9.17) is 32.7 Å². The molecule has 1 saturated heterocycles. The fourth-order valence-electron chi connectivity index (χ4n) is 4.47. The van der Waals surface area contributed by atoms with Gasteiger partial charge in [-0.2, -0.15) is 0 Å². The van der Waals surface area contributed by atoms with Crippen molar-refractivity contribution in [3.05, 3.63) is 112 Å². The lowest BCUT2D eigenvalue weighted by Gasteiger charge is -2.31. The number of hydrogen-bond acceptors (Lipinski definition) is 6. The second kappa shape index (κ2) is 14.0. The van der Waals surface area contributed by atoms with Crippen LogP contribution in [0.2, 0.25) is 10.0 Å². The first-order chi connectivity index (χ1) is 20.3. The maximum Gasteiger partial charge on any atom is 0.337 e. The summed E-state index contributed by atoms with van der Waals surface area (Å²) in [6.45, 7) is 1.81. The molecule has 0 saturated carbocycles. The third-order valence-electron chi connectivity index (χ3n) is 6.61. The van der Waals surface area contributed by atoms with Gasteiger partial charge in [0.05, 0.1) is 27.7 Å². The molecule has 1 amide bonds. The van der Waals surface area contributed by atoms with Crippen LogP contribution in [-0.2, 0) is 11.2 Å². The summed E-state index contributed by atoms with van der Waals surface area (Å²) in [5.41, 5.74) is 1.09. The summed E-state index contributed by atoms with van der Waals surface area (Å²) < 4.78 is 14.5. The number of nitrogens with one attached hydrogen (secondary N) is 1. The number of piperidine rings is 1. The van der Waals surface area contributed by atoms with Gasteiger partial charge in [0.1, 0.15) is 23.4 Å². The van der Waals surface area contributed by atoms with Gasteiger partial charge in [-0.05, 0) is 97.1 Å². The van der Waals surface area contributed by atoms with E-state index in [9.17, 15) is 14.7 Å². The van der Waals surface area contributed by atoms with Crippen LogP contribution in [0.15, 0.2) is 95.9 Å². The van der Waals surface area contributed by atoms with Crippen LogP contribution in [0.5, 0.6) is 17.2 Å². The van der Waals surface area contributed by atoms with Crippen molar-refractivity contribution < 1.29 is 24.2 Å². The molecule has 1 aliphatic heterocycles. The molecule has 4 aromatic rings. The van der Waals surface area contributed by atoms with Gasteiger partial charge >= 0.3 is 5.97 Å². The first-order valence-corrected chi connectivity index (χ1v) is 14.9. The lowest BCUT2D eigenvalue weighted by molar-refractivity contribution is -0.115. The van der Waals surface area contributed by atoms with Gasteiger partial charge in [-0.1, -0.05) is 47.5 Å². The summed E-state index contributed by atoms with van der Waals surface area (Å²) in [4.78, 5) is 24.9. The second-order valence-corrected chi connectivity index (χ2v) is 11.7. The molecular weight excluding hydrogens is 595 g/mol. The van der Waals surface area contributed by atoms with Gasteiger partial charge in [-0.15, -0.1) is 0 Å². The molecule has 0 unspecified atom stereocenters. The van der Waals surface area contributed by atoms with Crippen molar-refractivity contribution in [1.82, 2.24) is 4.31 Å². The average Bonchev–Trinajstić information content (AvgIpc) is 2.98. The molecule has 2 N–H and O–H groups in total. The van der Waals surface area contributed by atoms with E-state index in [1.165, 1.54) is 6.07 Å². The van der Waals surface area contributed by atoms with Gasteiger partial charge in [0.2, 0.25) is 5.91 Å². The number of carboxylic acid groups (broad SMARTS) is 1. The molecule has 0 spiro atoms. The van der Waals surface area contributed by atoms with Crippen molar-refractivity contribution in [3.8, 4) is 17.2 Å². The van der Waals surface area contributed by atoms with Crippen LogP contribution in [0.3, 0.4) is 0 Å². The van der Waals surface area contributed by atoms with Crippen LogP contribution in [0.4, 0.5) is 5.69 Å². The van der Waals surface area contributed by atoms with Crippen LogP contribution in [0.25, 0.3) is 0 Å². The maximum absolute atomic E-state index is 12.5. The highest BCUT2D eigenvalue weighted by Crippen LogP contribution is 2.32. The fourth-order valence-corrected chi connectivity index (χ4v) is 5.83. The standard InChI is InChI=1S/C32H28Cl2N2O5S/c33-28-14-13-26(20-29(28)34)42-36-17-15-25(16-18-36)41-24-11-9-23(10-12-24)40-22-7-5-21(6-8-22)19-31(37)35-30-4-2-1-3-27(30)32(38)39/h1-14,20,25H,15-19H2,(H,35,37)(H,38,39). The smallest absolute Gasteiger partial charge is 0.337 e. The number of hydrogen-bond donors (Lipinski definition) is 2. The number of halogens is 2. The molecule has 0 atom stereocenters. The molecule has 1 heterocycles. The Bertz CT molecular complexity index is 1540. The molecule has 0 aromatic heterocycles. The van der Waals surface area contributed by atoms with E-state index in [1.54, 1.807) is 42.3 Å². The molecule has 1 fully saturated rings. The van der Waals surface area contributed by atoms with Gasteiger partial charge in [-0.25, -0.2) is 9.10 Å². The van der Waals surface area contributed by atoms with Crippen molar-refractivity contribution in [2.24, 2.45) is 0 Å². The van der Waals surface area contributed by atoms with Crippen LogP contribution < -0.4 is 14.8 Å². The number of carbonyl (C=O) groups excluding carboxylic acids is 1. The quantitative estimate of drug-likeness (QED) is 0.172. The Labute approximate surface area is 258 Å². The lowest BCUT2D eigenvalue weighted by Crippen LogP contribution is -2.34. The number of aromatic carboxylic acids is 1. The zero-order chi connectivity index (χ0) is 29.5. The third kappa shape index (κ3) is 8.20. The number of carboxylic acids is 1. The summed E-state index contributed by atoms with van der Waals surface area (Å²) >= 11 is 13.8. The van der Waals surface area contributed by atoms with E-state index in [-0.39, 0.29) is 29.7 Å². The SMILES string of the molecule is O=C(Cc1ccc(Oc2ccc(OC3CCN(Sc4ccc(Cl)c(Cl)c4)CC3)cc2)cc1)Nc1ccccc1C(=O)O. The number of ether oxygens (including phenoxy) is 2. The zero-order valence-electron chi connectivity index (χ0n) is 22.5. The molecule has 0 bridgehead atoms. The van der Waals surface area contributed by atoms with Crippen molar-refractivity contribution >= 4 is 52.7 Å². The monoisotopic (exact) mass is 622 g/mol. The topological polar surface area (TPSA) is 88.1 Å². The van der Waals surface area contributed by atoms with E-state index < -0.39 is 5.97 Å². The molecule has 42 heavy (non-hydrogen) atoms. The predicted molar refractivity (Wildman–Crippen MR) is 166 cm³/mol. The summed E-state index contributed by atoms with van der Waals surface area (Å²) in [5.74, 6) is 0.707. The van der Waals surface area contributed by atoms with Gasteiger partial charge in [0, 0.05) is 18.0 Å². The number of amides is 1. The number of carbonyl (C=O) groups is 2. The van der Waals surface area contributed by atoms with Crippen LogP contribution in [0, 0.1) is 0 Å². The van der Waals surface area contributed by atoms with Gasteiger partial charge in [-0.3, -0.25) is 4.79 Å². The van der Waals surface area contributed by atoms with Crippen molar-refractivity contribution in [3.63, 3.8) is 0 Å². The average molecular weight is 624 g/mol. The first-order valence-electron chi connectivity index (χ1n) is 13.4. The highest BCUT2D eigenvalue weighted by atomic mass is 35.5. The third-order valence-corrected chi connectivity index (χ3v) is 8.44. The Kier molecular flexibility index (Phi) is 9.92. The molecule has 0 aliphatic carbocycles. The minimum atomic E-state index is -1.09. The number of anilines is 1. The van der Waals surface area contributed by atoms with Gasteiger partial charge in [0.25, 0.3) is 0 Å². The Morgan fingerprint density at radius 1 is 0.857 bits per heavy atom. The molecule has 1 aliphatic rings. The maximum atomic E-state index is 12.5. The van der Waals surface area contributed by atoms with E-state index in [1.807, 2.05) is 54.6 Å². The molecule has 216 valence electrons. The van der Waals surface area contributed by atoms with Crippen molar-refractivity contribution in [1.29, 1.82) is 0 Å². The predicted octanol–water partition coefficient (Wildman–Crippen LogP) is 8.22. The van der Waals surface area contributed by atoms with Gasteiger partial charge in [0.15, 0.2) is 0 Å². The summed E-state index contributed by atoms with van der Waals surface area (Å²) in [5, 5.41) is 13.1. The van der Waals surface area contributed by atoms with Crippen LogP contribution >= 0.6 is 35.1 Å². The molecule has 5 rings (SSSR count). The van der Waals surface area contributed by atoms with E-state index in [0.29, 0.717) is 21.5 Å². The van der Waals surface area contributed by atoms with E-state index >= 15 is 0 Å². The number of nitrogens with zero attached hydrogens (tertiary/aromatic N) is 1. The Morgan fingerprint density at radius 3 is 2.17 bits per heavy atom. The van der Waals surface area contributed by atoms with Crippen molar-refractivity contribution in [2.45, 2.75) is 30.3 Å². The lowest BCUT2D eigenvalue weighted by atomic mass is 10.1. The summed E-state index contributed by atoms with van der Waals surface area (Å²) in [6.07, 6.45) is 2.09. The minimum absolute atomic E-state index is 0.0480. The number of para-hydroxylation sites is 1. The highest BCUT2D eigenvalue weighted by Gasteiger charge is 2.21. The van der Waals surface area contributed by atoms with Crippen LogP contribution in [-0.4, -0.2) is 40.5 Å². The summed E-state index contributed by atoms with van der Waals surface area (Å²) in [7, 11) is 0. The van der Waals surface area contributed by atoms with E-state index in [0.717, 1.165) is 42.1 Å². The molecule has 4 aromatic carbocycles. The molecular formula is C32H28Cl2N2O5S. The van der Waals surface area contributed by atoms with Crippen molar-refractivity contribution in [2.75, 3.05) is 18.4 Å². The largest absolute Gasteiger partial charge is 0.490 e. The number of rotatable bonds is 10. The normalized spacial score (nSPS) is 13.9. The van der Waals surface area contributed by atoms with E-state index in [2.05, 4.69) is 9.62 Å².